The summed E-state index contributed by atoms with van der Waals surface area (Å²) >= 11 is 1.69. The second-order valence-corrected chi connectivity index (χ2v) is 7.54. The number of thioether (sulfide) groups is 1. The average Bonchev–Trinajstić information content (AvgIpc) is 2.49. The second kappa shape index (κ2) is 6.05. The zero-order valence-corrected chi connectivity index (χ0v) is 14.2. The van der Waals surface area contributed by atoms with Gasteiger partial charge in [-0.25, -0.2) is 4.68 Å². The monoisotopic (exact) mass is 318 g/mol. The molecule has 0 spiro atoms. The largest absolute Gasteiger partial charge is 0.375 e. The molecule has 0 bridgehead atoms. The van der Waals surface area contributed by atoms with Crippen molar-refractivity contribution in [2.24, 2.45) is 0 Å². The first-order valence-electron chi connectivity index (χ1n) is 7.80. The van der Waals surface area contributed by atoms with Crippen LogP contribution in [0.25, 0.3) is 10.8 Å². The topological polar surface area (TPSA) is 44.1 Å². The van der Waals surface area contributed by atoms with Gasteiger partial charge in [0.25, 0.3) is 5.56 Å². The highest BCUT2D eigenvalue weighted by Crippen LogP contribution is 2.32. The molecule has 3 rings (SSSR count). The highest BCUT2D eigenvalue weighted by Gasteiger charge is 2.31. The van der Waals surface area contributed by atoms with E-state index in [9.17, 15) is 4.79 Å². The van der Waals surface area contributed by atoms with Crippen molar-refractivity contribution in [3.8, 4) is 0 Å². The van der Waals surface area contributed by atoms with E-state index < -0.39 is 0 Å². The van der Waals surface area contributed by atoms with Crippen LogP contribution in [-0.2, 0) is 4.74 Å². The third kappa shape index (κ3) is 2.92. The first-order valence-corrected chi connectivity index (χ1v) is 8.79. The van der Waals surface area contributed by atoms with Gasteiger partial charge < -0.3 is 4.74 Å². The molecule has 2 aromatic rings. The molecule has 2 heterocycles. The smallest absolute Gasteiger partial charge is 0.274 e. The van der Waals surface area contributed by atoms with E-state index in [0.717, 1.165) is 34.4 Å². The maximum absolute atomic E-state index is 12.8. The summed E-state index contributed by atoms with van der Waals surface area (Å²) in [6, 6.07) is 7.88. The van der Waals surface area contributed by atoms with Gasteiger partial charge in [-0.2, -0.15) is 5.10 Å². The molecule has 22 heavy (non-hydrogen) atoms. The van der Waals surface area contributed by atoms with Gasteiger partial charge in [-0.1, -0.05) is 25.1 Å². The Morgan fingerprint density at radius 3 is 2.77 bits per heavy atom. The van der Waals surface area contributed by atoms with E-state index in [4.69, 9.17) is 9.84 Å². The fourth-order valence-electron chi connectivity index (χ4n) is 3.08. The minimum atomic E-state index is -0.201. The lowest BCUT2D eigenvalue weighted by atomic mass is 9.94. The predicted molar refractivity (Wildman–Crippen MR) is 90.7 cm³/mol. The van der Waals surface area contributed by atoms with Crippen molar-refractivity contribution in [2.75, 3.05) is 12.4 Å². The highest BCUT2D eigenvalue weighted by atomic mass is 32.2. The molecule has 1 aromatic heterocycles. The van der Waals surface area contributed by atoms with Crippen LogP contribution >= 0.6 is 11.8 Å². The van der Waals surface area contributed by atoms with Crippen LogP contribution in [0.15, 0.2) is 34.1 Å². The summed E-state index contributed by atoms with van der Waals surface area (Å²) < 4.78 is 7.47. The van der Waals surface area contributed by atoms with Crippen LogP contribution < -0.4 is 5.56 Å². The third-order valence-electron chi connectivity index (χ3n) is 4.09. The van der Waals surface area contributed by atoms with Gasteiger partial charge in [0.05, 0.1) is 17.0 Å². The lowest BCUT2D eigenvalue weighted by Crippen LogP contribution is -2.39. The molecule has 0 radical (unpaired) electrons. The van der Waals surface area contributed by atoms with Crippen molar-refractivity contribution < 1.29 is 4.74 Å². The van der Waals surface area contributed by atoms with Crippen molar-refractivity contribution in [1.29, 1.82) is 0 Å². The summed E-state index contributed by atoms with van der Waals surface area (Å²) in [6.07, 6.45) is 1.65. The van der Waals surface area contributed by atoms with E-state index in [0.29, 0.717) is 6.61 Å². The Labute approximate surface area is 134 Å². The minimum Gasteiger partial charge on any atom is -0.375 e. The van der Waals surface area contributed by atoms with Crippen molar-refractivity contribution in [1.82, 2.24) is 9.78 Å². The Bertz CT molecular complexity index is 739. The summed E-state index contributed by atoms with van der Waals surface area (Å²) in [6.45, 7) is 6.93. The number of aromatic nitrogens is 2. The van der Waals surface area contributed by atoms with Gasteiger partial charge in [-0.15, -0.1) is 11.8 Å². The molecule has 1 aliphatic heterocycles. The molecule has 0 aliphatic carbocycles. The number of nitrogens with zero attached hydrogens (tertiary/aromatic N) is 2. The van der Waals surface area contributed by atoms with E-state index in [1.165, 1.54) is 0 Å². The van der Waals surface area contributed by atoms with Crippen LogP contribution in [0.5, 0.6) is 0 Å². The molecule has 1 atom stereocenters. The summed E-state index contributed by atoms with van der Waals surface area (Å²) in [5, 5.41) is 7.36. The zero-order valence-electron chi connectivity index (χ0n) is 13.3. The summed E-state index contributed by atoms with van der Waals surface area (Å²) in [5.74, 6) is 0.939. The Hall–Kier alpha value is -1.33. The van der Waals surface area contributed by atoms with Gasteiger partial charge in [0.1, 0.15) is 5.03 Å². The van der Waals surface area contributed by atoms with Crippen LogP contribution in [-0.4, -0.2) is 27.7 Å². The van der Waals surface area contributed by atoms with Gasteiger partial charge in [0, 0.05) is 12.0 Å². The molecule has 4 nitrogen and oxygen atoms in total. The maximum atomic E-state index is 12.8. The molecule has 1 aliphatic rings. The fraction of sp³-hybridized carbons (Fsp3) is 0.529. The van der Waals surface area contributed by atoms with Crippen LogP contribution in [0.1, 0.15) is 39.7 Å². The molecular weight excluding hydrogens is 296 g/mol. The maximum Gasteiger partial charge on any atom is 0.274 e. The molecular formula is C17H22N2O2S. The van der Waals surface area contributed by atoms with E-state index in [1.54, 1.807) is 16.4 Å². The van der Waals surface area contributed by atoms with Gasteiger partial charge >= 0.3 is 0 Å². The van der Waals surface area contributed by atoms with Crippen molar-refractivity contribution in [3.63, 3.8) is 0 Å². The molecule has 1 fully saturated rings. The van der Waals surface area contributed by atoms with Gasteiger partial charge in [-0.3, -0.25) is 4.79 Å². The van der Waals surface area contributed by atoms with Crippen LogP contribution in [0.3, 0.4) is 0 Å². The van der Waals surface area contributed by atoms with E-state index in [-0.39, 0.29) is 17.2 Å². The van der Waals surface area contributed by atoms with Crippen molar-refractivity contribution in [2.45, 2.75) is 50.3 Å². The molecule has 0 saturated carbocycles. The standard InChI is InChI=1S/C17H22N2O2S/c1-4-22-15-13-7-5-6-8-14(13)16(20)19(18-15)12-9-10-21-17(2,3)11-12/h5-8,12H,4,9-11H2,1-3H3. The number of fused-ring (bicyclic) bond motifs is 1. The van der Waals surface area contributed by atoms with Gasteiger partial charge in [-0.05, 0) is 38.5 Å². The molecule has 5 heteroatoms. The number of benzene rings is 1. The second-order valence-electron chi connectivity index (χ2n) is 6.29. The molecule has 1 saturated heterocycles. The lowest BCUT2D eigenvalue weighted by Gasteiger charge is -2.35. The molecule has 0 amide bonds. The number of hydrogen-bond acceptors (Lipinski definition) is 4. The zero-order chi connectivity index (χ0) is 15.7. The summed E-state index contributed by atoms with van der Waals surface area (Å²) in [5.41, 5.74) is -0.188. The average molecular weight is 318 g/mol. The molecule has 1 aromatic carbocycles. The third-order valence-corrected chi connectivity index (χ3v) is 4.96. The summed E-state index contributed by atoms with van der Waals surface area (Å²) in [7, 11) is 0. The van der Waals surface area contributed by atoms with Crippen molar-refractivity contribution in [3.05, 3.63) is 34.6 Å². The highest BCUT2D eigenvalue weighted by molar-refractivity contribution is 7.99. The van der Waals surface area contributed by atoms with Crippen LogP contribution in [0, 0.1) is 0 Å². The van der Waals surface area contributed by atoms with Crippen LogP contribution in [0.2, 0.25) is 0 Å². The first-order chi connectivity index (χ1) is 10.5. The minimum absolute atomic E-state index is 0.0127. The Kier molecular flexibility index (Phi) is 4.28. The summed E-state index contributed by atoms with van der Waals surface area (Å²) in [4.78, 5) is 12.8. The van der Waals surface area contributed by atoms with Crippen molar-refractivity contribution >= 4 is 22.5 Å². The van der Waals surface area contributed by atoms with E-state index in [1.807, 2.05) is 24.3 Å². The quantitative estimate of drug-likeness (QED) is 0.811. The van der Waals surface area contributed by atoms with Crippen LogP contribution in [0.4, 0.5) is 0 Å². The van der Waals surface area contributed by atoms with E-state index in [2.05, 4.69) is 20.8 Å². The fourth-order valence-corrected chi connectivity index (χ4v) is 3.83. The Balaban J connectivity index is 2.13. The van der Waals surface area contributed by atoms with Gasteiger partial charge in [0.2, 0.25) is 0 Å². The first kappa shape index (κ1) is 15.6. The number of rotatable bonds is 3. The number of hydrogen-bond donors (Lipinski definition) is 0. The lowest BCUT2D eigenvalue weighted by molar-refractivity contribution is -0.0716. The SMILES string of the molecule is CCSc1nn(C2CCOC(C)(C)C2)c(=O)c2ccccc12. The Morgan fingerprint density at radius 1 is 1.36 bits per heavy atom. The number of ether oxygens (including phenoxy) is 1. The Morgan fingerprint density at radius 2 is 2.09 bits per heavy atom. The van der Waals surface area contributed by atoms with E-state index >= 15 is 0 Å². The normalized spacial score (nSPS) is 21.1. The molecule has 0 N–H and O–H groups in total. The predicted octanol–water partition coefficient (Wildman–Crippen LogP) is 3.64. The molecule has 1 unspecified atom stereocenters. The molecule has 118 valence electrons. The van der Waals surface area contributed by atoms with Gasteiger partial charge in [0.15, 0.2) is 0 Å².